The highest BCUT2D eigenvalue weighted by Gasteiger charge is 2.30. The SMILES string of the molecule is O=C(Cn1nc(C(F)F)cc1C1CC1)Nc1ccc(Cl)c(Cl)c1. The summed E-state index contributed by atoms with van der Waals surface area (Å²) in [7, 11) is 0. The number of rotatable bonds is 5. The van der Waals surface area contributed by atoms with Gasteiger partial charge in [-0.25, -0.2) is 8.78 Å². The van der Waals surface area contributed by atoms with Crippen molar-refractivity contribution in [2.45, 2.75) is 31.7 Å². The quantitative estimate of drug-likeness (QED) is 0.844. The van der Waals surface area contributed by atoms with Crippen LogP contribution in [0.25, 0.3) is 0 Å². The summed E-state index contributed by atoms with van der Waals surface area (Å²) >= 11 is 11.7. The summed E-state index contributed by atoms with van der Waals surface area (Å²) in [5.74, 6) is -0.151. The van der Waals surface area contributed by atoms with Gasteiger partial charge in [0.1, 0.15) is 12.2 Å². The van der Waals surface area contributed by atoms with E-state index in [1.54, 1.807) is 12.1 Å². The smallest absolute Gasteiger partial charge is 0.282 e. The molecule has 23 heavy (non-hydrogen) atoms. The van der Waals surface area contributed by atoms with Gasteiger partial charge in [-0.3, -0.25) is 9.48 Å². The average Bonchev–Trinajstić information content (AvgIpc) is 3.24. The Hall–Kier alpha value is -1.66. The second kappa shape index (κ2) is 6.45. The minimum absolute atomic E-state index is 0.126. The third-order valence-corrected chi connectivity index (χ3v) is 4.28. The number of amides is 1. The summed E-state index contributed by atoms with van der Waals surface area (Å²) in [5, 5.41) is 7.20. The van der Waals surface area contributed by atoms with Gasteiger partial charge < -0.3 is 5.32 Å². The molecule has 0 spiro atoms. The molecule has 3 rings (SSSR count). The normalized spacial score (nSPS) is 14.3. The number of carbonyl (C=O) groups excluding carboxylic acids is 1. The van der Waals surface area contributed by atoms with Gasteiger partial charge >= 0.3 is 0 Å². The maximum atomic E-state index is 12.8. The topological polar surface area (TPSA) is 46.9 Å². The minimum Gasteiger partial charge on any atom is -0.324 e. The highest BCUT2D eigenvalue weighted by Crippen LogP contribution is 2.41. The van der Waals surface area contributed by atoms with Crippen LogP contribution in [-0.2, 0) is 11.3 Å². The van der Waals surface area contributed by atoms with Crippen molar-refractivity contribution in [1.29, 1.82) is 0 Å². The maximum absolute atomic E-state index is 12.8. The molecule has 2 aromatic rings. The van der Waals surface area contributed by atoms with Crippen molar-refractivity contribution < 1.29 is 13.6 Å². The molecule has 4 nitrogen and oxygen atoms in total. The van der Waals surface area contributed by atoms with Gasteiger partial charge in [-0.15, -0.1) is 0 Å². The van der Waals surface area contributed by atoms with Gasteiger partial charge in [0, 0.05) is 17.3 Å². The van der Waals surface area contributed by atoms with E-state index in [0.29, 0.717) is 21.4 Å². The zero-order valence-corrected chi connectivity index (χ0v) is 13.4. The Morgan fingerprint density at radius 2 is 2.04 bits per heavy atom. The number of nitrogens with zero attached hydrogens (tertiary/aromatic N) is 2. The molecule has 0 unspecified atom stereocenters. The highest BCUT2D eigenvalue weighted by atomic mass is 35.5. The van der Waals surface area contributed by atoms with Crippen LogP contribution in [0, 0.1) is 0 Å². The van der Waals surface area contributed by atoms with Crippen LogP contribution in [0.2, 0.25) is 10.0 Å². The van der Waals surface area contributed by atoms with E-state index in [2.05, 4.69) is 10.4 Å². The highest BCUT2D eigenvalue weighted by molar-refractivity contribution is 6.42. The molecule has 1 N–H and O–H groups in total. The van der Waals surface area contributed by atoms with Crippen LogP contribution < -0.4 is 5.32 Å². The van der Waals surface area contributed by atoms with E-state index in [9.17, 15) is 13.6 Å². The fourth-order valence-electron chi connectivity index (χ4n) is 2.30. The van der Waals surface area contributed by atoms with Gasteiger partial charge in [0.15, 0.2) is 0 Å². The first-order valence-electron chi connectivity index (χ1n) is 7.04. The standard InChI is InChI=1S/C15H13Cl2F2N3O/c16-10-4-3-9(5-11(10)17)20-14(23)7-22-13(8-1-2-8)6-12(21-22)15(18)19/h3-6,8,15H,1-2,7H2,(H,20,23). The molecule has 1 fully saturated rings. The summed E-state index contributed by atoms with van der Waals surface area (Å²) in [5.41, 5.74) is 0.873. The molecule has 1 aliphatic carbocycles. The number of alkyl halides is 2. The molecule has 1 amide bonds. The third-order valence-electron chi connectivity index (χ3n) is 3.55. The summed E-state index contributed by atoms with van der Waals surface area (Å²) < 4.78 is 27.0. The molecule has 0 bridgehead atoms. The van der Waals surface area contributed by atoms with Gasteiger partial charge in [0.2, 0.25) is 5.91 Å². The summed E-state index contributed by atoms with van der Waals surface area (Å²) in [6, 6.07) is 6.09. The molecule has 122 valence electrons. The molecule has 1 aromatic heterocycles. The monoisotopic (exact) mass is 359 g/mol. The summed E-state index contributed by atoms with van der Waals surface area (Å²) in [6.45, 7) is -0.126. The maximum Gasteiger partial charge on any atom is 0.282 e. The van der Waals surface area contributed by atoms with Crippen LogP contribution in [0.3, 0.4) is 0 Å². The molecule has 0 atom stereocenters. The molecular weight excluding hydrogens is 347 g/mol. The first kappa shape index (κ1) is 16.2. The Bertz CT molecular complexity index is 744. The van der Waals surface area contributed by atoms with Crippen LogP contribution in [-0.4, -0.2) is 15.7 Å². The molecule has 1 heterocycles. The Balaban J connectivity index is 1.73. The third kappa shape index (κ3) is 3.82. The van der Waals surface area contributed by atoms with Crippen LogP contribution in [0.1, 0.15) is 36.6 Å². The van der Waals surface area contributed by atoms with E-state index in [0.717, 1.165) is 12.8 Å². The predicted octanol–water partition coefficient (Wildman–Crippen LogP) is 4.64. The molecule has 8 heteroatoms. The van der Waals surface area contributed by atoms with Crippen LogP contribution in [0.15, 0.2) is 24.3 Å². The second-order valence-corrected chi connectivity index (χ2v) is 6.22. The van der Waals surface area contributed by atoms with E-state index in [4.69, 9.17) is 23.2 Å². The summed E-state index contributed by atoms with van der Waals surface area (Å²) in [4.78, 5) is 12.1. The van der Waals surface area contributed by atoms with Gasteiger partial charge in [-0.2, -0.15) is 5.10 Å². The fraction of sp³-hybridized carbons (Fsp3) is 0.333. The first-order valence-corrected chi connectivity index (χ1v) is 7.80. The number of carbonyl (C=O) groups is 1. The van der Waals surface area contributed by atoms with Crippen molar-refractivity contribution in [3.8, 4) is 0 Å². The van der Waals surface area contributed by atoms with E-state index < -0.39 is 6.43 Å². The largest absolute Gasteiger partial charge is 0.324 e. The molecule has 1 aromatic carbocycles. The number of benzene rings is 1. The van der Waals surface area contributed by atoms with Gasteiger partial charge in [0.05, 0.1) is 10.0 Å². The van der Waals surface area contributed by atoms with Crippen LogP contribution >= 0.6 is 23.2 Å². The number of hydrogen-bond acceptors (Lipinski definition) is 2. The zero-order valence-electron chi connectivity index (χ0n) is 11.9. The second-order valence-electron chi connectivity index (χ2n) is 5.40. The van der Waals surface area contributed by atoms with Crippen molar-refractivity contribution >= 4 is 34.8 Å². The molecule has 0 saturated heterocycles. The van der Waals surface area contributed by atoms with Crippen LogP contribution in [0.5, 0.6) is 0 Å². The Labute approximate surface area is 141 Å². The lowest BCUT2D eigenvalue weighted by atomic mass is 10.2. The van der Waals surface area contributed by atoms with E-state index in [-0.39, 0.29) is 24.1 Å². The number of nitrogens with one attached hydrogen (secondary N) is 1. The Morgan fingerprint density at radius 3 is 2.65 bits per heavy atom. The average molecular weight is 360 g/mol. The molecule has 1 aliphatic rings. The zero-order chi connectivity index (χ0) is 16.6. The van der Waals surface area contributed by atoms with E-state index in [1.807, 2.05) is 0 Å². The lowest BCUT2D eigenvalue weighted by Crippen LogP contribution is -2.20. The van der Waals surface area contributed by atoms with Crippen LogP contribution in [0.4, 0.5) is 14.5 Å². The van der Waals surface area contributed by atoms with Gasteiger partial charge in [-0.05, 0) is 37.1 Å². The van der Waals surface area contributed by atoms with Crippen molar-refractivity contribution in [1.82, 2.24) is 9.78 Å². The van der Waals surface area contributed by atoms with Crippen molar-refractivity contribution in [3.05, 3.63) is 45.7 Å². The predicted molar refractivity (Wildman–Crippen MR) is 84.3 cm³/mol. The molecular formula is C15H13Cl2F2N3O. The Morgan fingerprint density at radius 1 is 1.30 bits per heavy atom. The van der Waals surface area contributed by atoms with Gasteiger partial charge in [-0.1, -0.05) is 23.2 Å². The summed E-state index contributed by atoms with van der Waals surface area (Å²) in [6.07, 6.45) is -0.780. The minimum atomic E-state index is -2.65. The molecule has 1 saturated carbocycles. The first-order chi connectivity index (χ1) is 10.9. The Kier molecular flexibility index (Phi) is 4.55. The van der Waals surface area contributed by atoms with Crippen molar-refractivity contribution in [3.63, 3.8) is 0 Å². The van der Waals surface area contributed by atoms with Crippen molar-refractivity contribution in [2.75, 3.05) is 5.32 Å². The molecule has 0 aliphatic heterocycles. The molecule has 0 radical (unpaired) electrons. The number of halogens is 4. The number of anilines is 1. The van der Waals surface area contributed by atoms with E-state index >= 15 is 0 Å². The number of aromatic nitrogens is 2. The van der Waals surface area contributed by atoms with E-state index in [1.165, 1.54) is 16.8 Å². The van der Waals surface area contributed by atoms with Crippen molar-refractivity contribution in [2.24, 2.45) is 0 Å². The number of hydrogen-bond donors (Lipinski definition) is 1. The van der Waals surface area contributed by atoms with Gasteiger partial charge in [0.25, 0.3) is 6.43 Å². The fourth-order valence-corrected chi connectivity index (χ4v) is 2.60. The lowest BCUT2D eigenvalue weighted by molar-refractivity contribution is -0.117. The lowest BCUT2D eigenvalue weighted by Gasteiger charge is -2.08.